The molecule has 2 aromatic carbocycles. The van der Waals surface area contributed by atoms with Crippen LogP contribution in [0.4, 0.5) is 0 Å². The fourth-order valence-electron chi connectivity index (χ4n) is 1.86. The molecule has 0 heterocycles. The molecule has 0 atom stereocenters. The van der Waals surface area contributed by atoms with Gasteiger partial charge >= 0.3 is 0 Å². The van der Waals surface area contributed by atoms with Crippen molar-refractivity contribution in [1.82, 2.24) is 0 Å². The smallest absolute Gasteiger partial charge is 0.166 e. The van der Waals surface area contributed by atoms with Crippen LogP contribution in [-0.4, -0.2) is 11.6 Å². The molecule has 0 N–H and O–H groups in total. The maximum Gasteiger partial charge on any atom is 0.166 e. The number of ketones is 2. The van der Waals surface area contributed by atoms with Crippen LogP contribution in [0.25, 0.3) is 0 Å². The van der Waals surface area contributed by atoms with Gasteiger partial charge < -0.3 is 0 Å². The van der Waals surface area contributed by atoms with Crippen LogP contribution in [0.1, 0.15) is 33.6 Å². The normalized spacial score (nSPS) is 10.6. The van der Waals surface area contributed by atoms with Gasteiger partial charge in [-0.25, -0.2) is 0 Å². The lowest BCUT2D eigenvalue weighted by Crippen LogP contribution is -1.98. The third kappa shape index (κ3) is 4.02. The van der Waals surface area contributed by atoms with E-state index < -0.39 is 0 Å². The number of carbonyl (C=O) groups excluding carboxylic acids is 2. The lowest BCUT2D eigenvalue weighted by atomic mass is 10.1. The molecule has 2 nitrogen and oxygen atoms in total. The predicted molar refractivity (Wildman–Crippen MR) is 79.9 cm³/mol. The highest BCUT2D eigenvalue weighted by atomic mass is 16.1. The van der Waals surface area contributed by atoms with E-state index in [-0.39, 0.29) is 11.6 Å². The van der Waals surface area contributed by atoms with Crippen molar-refractivity contribution < 1.29 is 9.59 Å². The molecule has 0 amide bonds. The predicted octanol–water partition coefficient (Wildman–Crippen LogP) is 4.09. The lowest BCUT2D eigenvalue weighted by molar-refractivity contribution is 0.0983. The van der Waals surface area contributed by atoms with Crippen LogP contribution in [0.15, 0.2) is 72.8 Å². The van der Waals surface area contributed by atoms with E-state index >= 15 is 0 Å². The zero-order valence-electron chi connectivity index (χ0n) is 11.2. The van der Waals surface area contributed by atoms with Gasteiger partial charge in [0.25, 0.3) is 0 Å². The monoisotopic (exact) mass is 264 g/mol. The summed E-state index contributed by atoms with van der Waals surface area (Å²) in [5, 5.41) is 0. The van der Waals surface area contributed by atoms with Crippen molar-refractivity contribution in [2.45, 2.75) is 12.8 Å². The summed E-state index contributed by atoms with van der Waals surface area (Å²) in [5.74, 6) is 0.128. The summed E-state index contributed by atoms with van der Waals surface area (Å²) in [7, 11) is 0. The van der Waals surface area contributed by atoms with Crippen molar-refractivity contribution in [2.75, 3.05) is 0 Å². The molecule has 0 aliphatic carbocycles. The highest BCUT2D eigenvalue weighted by molar-refractivity contribution is 5.98. The van der Waals surface area contributed by atoms with E-state index in [1.807, 2.05) is 36.4 Å². The summed E-state index contributed by atoms with van der Waals surface area (Å²) in [6.45, 7) is 0. The minimum absolute atomic E-state index is 0.0639. The van der Waals surface area contributed by atoms with Crippen LogP contribution in [0.5, 0.6) is 0 Å². The molecule has 2 heteroatoms. The van der Waals surface area contributed by atoms with E-state index in [9.17, 15) is 9.59 Å². The molecule has 100 valence electrons. The van der Waals surface area contributed by atoms with Crippen molar-refractivity contribution in [3.63, 3.8) is 0 Å². The van der Waals surface area contributed by atoms with E-state index in [0.29, 0.717) is 24.0 Å². The topological polar surface area (TPSA) is 34.1 Å². The summed E-state index contributed by atoms with van der Waals surface area (Å²) in [4.78, 5) is 23.6. The van der Waals surface area contributed by atoms with E-state index in [0.717, 1.165) is 0 Å². The zero-order chi connectivity index (χ0) is 14.2. The van der Waals surface area contributed by atoms with Gasteiger partial charge in [-0.15, -0.1) is 0 Å². The summed E-state index contributed by atoms with van der Waals surface area (Å²) in [5.41, 5.74) is 1.40. The molecular weight excluding hydrogens is 248 g/mol. The number of hydrogen-bond acceptors (Lipinski definition) is 2. The first kappa shape index (κ1) is 13.9. The molecule has 0 radical (unpaired) electrons. The van der Waals surface area contributed by atoms with Gasteiger partial charge in [0, 0.05) is 24.0 Å². The van der Waals surface area contributed by atoms with Crippen LogP contribution in [-0.2, 0) is 0 Å². The molecule has 20 heavy (non-hydrogen) atoms. The van der Waals surface area contributed by atoms with Crippen LogP contribution in [0, 0.1) is 0 Å². The Hall–Kier alpha value is -2.48. The van der Waals surface area contributed by atoms with Crippen LogP contribution >= 0.6 is 0 Å². The fourth-order valence-corrected chi connectivity index (χ4v) is 1.86. The Morgan fingerprint density at radius 1 is 0.650 bits per heavy atom. The van der Waals surface area contributed by atoms with Gasteiger partial charge in [-0.05, 0) is 0 Å². The zero-order valence-corrected chi connectivity index (χ0v) is 11.2. The lowest BCUT2D eigenvalue weighted by Gasteiger charge is -1.97. The van der Waals surface area contributed by atoms with Gasteiger partial charge in [0.2, 0.25) is 0 Å². The van der Waals surface area contributed by atoms with E-state index in [1.165, 1.54) is 0 Å². The molecule has 0 unspecified atom stereocenters. The van der Waals surface area contributed by atoms with Crippen molar-refractivity contribution in [3.8, 4) is 0 Å². The van der Waals surface area contributed by atoms with Crippen LogP contribution in [0.2, 0.25) is 0 Å². The van der Waals surface area contributed by atoms with Gasteiger partial charge in [-0.2, -0.15) is 0 Å². The van der Waals surface area contributed by atoms with Crippen LogP contribution < -0.4 is 0 Å². The summed E-state index contributed by atoms with van der Waals surface area (Å²) >= 11 is 0. The molecule has 0 fully saturated rings. The molecular formula is C18H16O2. The second-order valence-electron chi connectivity index (χ2n) is 4.46. The maximum atomic E-state index is 11.8. The summed E-state index contributed by atoms with van der Waals surface area (Å²) < 4.78 is 0. The Morgan fingerprint density at radius 3 is 1.35 bits per heavy atom. The Bertz CT molecular complexity index is 542. The van der Waals surface area contributed by atoms with E-state index in [1.54, 1.807) is 36.4 Å². The fraction of sp³-hybridized carbons (Fsp3) is 0.111. The van der Waals surface area contributed by atoms with Crippen molar-refractivity contribution >= 4 is 11.6 Å². The number of carbonyl (C=O) groups is 2. The first-order chi connectivity index (χ1) is 9.77. The number of hydrogen-bond donors (Lipinski definition) is 0. The molecule has 0 aliphatic heterocycles. The molecule has 2 aromatic rings. The quantitative estimate of drug-likeness (QED) is 0.581. The van der Waals surface area contributed by atoms with Crippen LogP contribution in [0.3, 0.4) is 0 Å². The van der Waals surface area contributed by atoms with Gasteiger partial charge in [-0.3, -0.25) is 9.59 Å². The standard InChI is InChI=1S/C18H16O2/c19-17(15-9-3-1-4-10-15)13-7-8-14-18(20)16-11-5-2-6-12-16/h1-12H,13-14H2/b8-7+. The Kier molecular flexibility index (Phi) is 5.01. The second kappa shape index (κ2) is 7.19. The molecule has 0 saturated heterocycles. The Balaban J connectivity index is 1.83. The van der Waals surface area contributed by atoms with Gasteiger partial charge in [0.15, 0.2) is 11.6 Å². The largest absolute Gasteiger partial charge is 0.294 e. The number of benzene rings is 2. The van der Waals surface area contributed by atoms with Gasteiger partial charge in [0.05, 0.1) is 0 Å². The molecule has 2 rings (SSSR count). The first-order valence-corrected chi connectivity index (χ1v) is 6.59. The molecule has 0 aromatic heterocycles. The second-order valence-corrected chi connectivity index (χ2v) is 4.46. The third-order valence-corrected chi connectivity index (χ3v) is 2.96. The summed E-state index contributed by atoms with van der Waals surface area (Å²) in [6.07, 6.45) is 4.17. The van der Waals surface area contributed by atoms with Crippen molar-refractivity contribution in [1.29, 1.82) is 0 Å². The SMILES string of the molecule is O=C(C/C=C/CC(=O)c1ccccc1)c1ccccc1. The minimum Gasteiger partial charge on any atom is -0.294 e. The first-order valence-electron chi connectivity index (χ1n) is 6.59. The molecule has 0 spiro atoms. The highest BCUT2D eigenvalue weighted by Gasteiger charge is 2.03. The van der Waals surface area contributed by atoms with Crippen molar-refractivity contribution in [2.24, 2.45) is 0 Å². The third-order valence-electron chi connectivity index (χ3n) is 2.96. The molecule has 0 saturated carbocycles. The highest BCUT2D eigenvalue weighted by Crippen LogP contribution is 2.06. The average Bonchev–Trinajstić information content (AvgIpc) is 2.53. The van der Waals surface area contributed by atoms with E-state index in [2.05, 4.69) is 0 Å². The Morgan fingerprint density at radius 2 is 1.00 bits per heavy atom. The molecule has 0 bridgehead atoms. The summed E-state index contributed by atoms with van der Waals surface area (Å²) in [6, 6.07) is 18.3. The minimum atomic E-state index is 0.0639. The van der Waals surface area contributed by atoms with E-state index in [4.69, 9.17) is 0 Å². The number of rotatable bonds is 6. The number of allylic oxidation sites excluding steroid dienone is 2. The van der Waals surface area contributed by atoms with Gasteiger partial charge in [-0.1, -0.05) is 72.8 Å². The van der Waals surface area contributed by atoms with Crippen molar-refractivity contribution in [3.05, 3.63) is 83.9 Å². The number of Topliss-reactive ketones (excluding diaryl/α,β-unsaturated/α-hetero) is 2. The average molecular weight is 264 g/mol. The Labute approximate surface area is 118 Å². The maximum absolute atomic E-state index is 11.8. The van der Waals surface area contributed by atoms with Gasteiger partial charge in [0.1, 0.15) is 0 Å². The molecule has 0 aliphatic rings.